The van der Waals surface area contributed by atoms with Crippen molar-refractivity contribution in [2.24, 2.45) is 32.0 Å². The summed E-state index contributed by atoms with van der Waals surface area (Å²) in [5.41, 5.74) is 8.98. The van der Waals surface area contributed by atoms with Crippen LogP contribution in [-0.4, -0.2) is 73.2 Å². The van der Waals surface area contributed by atoms with Gasteiger partial charge >= 0.3 is 24.2 Å². The van der Waals surface area contributed by atoms with Gasteiger partial charge in [0.15, 0.2) is 16.9 Å². The minimum absolute atomic E-state index is 0.0312. The molecule has 1 saturated heterocycles. The van der Waals surface area contributed by atoms with Crippen LogP contribution in [0.4, 0.5) is 0 Å². The Balaban J connectivity index is 0.000000135. The number of hydrogen-bond donors (Lipinski definition) is 3. The van der Waals surface area contributed by atoms with E-state index in [9.17, 15) is 19.6 Å². The minimum atomic E-state index is -0.462. The van der Waals surface area contributed by atoms with Gasteiger partial charge in [0.25, 0.3) is 0 Å². The lowest BCUT2D eigenvalue weighted by Gasteiger charge is -2.32. The van der Waals surface area contributed by atoms with Gasteiger partial charge in [-0.3, -0.25) is 18.3 Å². The number of nitrogens with zero attached hydrogens (tertiary/aromatic N) is 10. The third kappa shape index (κ3) is 11.9. The molecule has 12 rings (SSSR count). The van der Waals surface area contributed by atoms with Crippen molar-refractivity contribution in [3.63, 3.8) is 0 Å². The van der Waals surface area contributed by atoms with Crippen molar-refractivity contribution in [2.75, 3.05) is 6.61 Å². The van der Waals surface area contributed by atoms with E-state index in [0.29, 0.717) is 73.2 Å². The van der Waals surface area contributed by atoms with E-state index in [4.69, 9.17) is 36.5 Å². The number of pyridine rings is 3. The summed E-state index contributed by atoms with van der Waals surface area (Å²) in [7, 11) is 4.60. The molecule has 18 nitrogen and oxygen atoms in total. The Labute approximate surface area is 455 Å². The Hall–Kier alpha value is -8.38. The number of aliphatic hydroxyl groups is 1. The smallest absolute Gasteiger partial charge is 0.399 e. The van der Waals surface area contributed by atoms with Crippen molar-refractivity contribution >= 4 is 57.7 Å². The SMILES string of the molecule is CC1(C)OB(c2ccccc2C#N)OC1(C)C.CC1(CO)CC1.Cn1c(=O)[nH]c2ccc(-c3ccccc3C#N)nc21.Cn1c(=O)[nH]c2ccc(Cl)nc21.Cn1c(=O)n(CC2(C)CC2)c2ccc(-c3ccccc3C#N)nc21. The van der Waals surface area contributed by atoms with Crippen molar-refractivity contribution in [1.29, 1.82) is 15.8 Å². The van der Waals surface area contributed by atoms with E-state index < -0.39 is 7.12 Å². The lowest BCUT2D eigenvalue weighted by atomic mass is 9.76. The van der Waals surface area contributed by atoms with Crippen LogP contribution in [0, 0.1) is 44.8 Å². The fourth-order valence-electron chi connectivity index (χ4n) is 8.40. The van der Waals surface area contributed by atoms with Gasteiger partial charge in [-0.25, -0.2) is 29.3 Å². The molecule has 3 aliphatic rings. The van der Waals surface area contributed by atoms with Gasteiger partial charge in [-0.05, 0) is 119 Å². The number of aryl methyl sites for hydroxylation is 3. The third-order valence-electron chi connectivity index (χ3n) is 14.8. The first-order valence-electron chi connectivity index (χ1n) is 25.3. The maximum Gasteiger partial charge on any atom is 0.496 e. The predicted octanol–water partition coefficient (Wildman–Crippen LogP) is 8.43. The van der Waals surface area contributed by atoms with Crippen LogP contribution in [-0.2, 0) is 37.0 Å². The number of aromatic nitrogens is 9. The van der Waals surface area contributed by atoms with E-state index in [0.717, 1.165) is 41.5 Å². The highest BCUT2D eigenvalue weighted by Gasteiger charge is 2.52. The van der Waals surface area contributed by atoms with E-state index in [2.05, 4.69) is 57.0 Å². The van der Waals surface area contributed by atoms with Gasteiger partial charge in [0, 0.05) is 50.9 Å². The van der Waals surface area contributed by atoms with Crippen molar-refractivity contribution in [3.8, 4) is 40.7 Å². The zero-order valence-corrected chi connectivity index (χ0v) is 45.8. The third-order valence-corrected chi connectivity index (χ3v) is 15.0. The molecule has 0 amide bonds. The quantitative estimate of drug-likeness (QED) is 0.105. The number of halogens is 1. The molecule has 398 valence electrons. The molecule has 0 bridgehead atoms. The number of benzene rings is 3. The van der Waals surface area contributed by atoms with Crippen molar-refractivity contribution in [2.45, 2.75) is 85.0 Å². The average Bonchev–Trinajstić information content (AvgIpc) is 4.33. The molecular formula is C58H60BClN12O6. The molecule has 78 heavy (non-hydrogen) atoms. The summed E-state index contributed by atoms with van der Waals surface area (Å²) in [6.07, 6.45) is 4.78. The van der Waals surface area contributed by atoms with Crippen LogP contribution in [0.25, 0.3) is 56.0 Å². The summed E-state index contributed by atoms with van der Waals surface area (Å²) in [6.45, 7) is 13.4. The first kappa shape index (κ1) is 55.8. The van der Waals surface area contributed by atoms with Crippen LogP contribution in [0.3, 0.4) is 0 Å². The van der Waals surface area contributed by atoms with E-state index >= 15 is 0 Å². The van der Waals surface area contributed by atoms with Gasteiger partial charge in [-0.1, -0.05) is 80.0 Å². The summed E-state index contributed by atoms with van der Waals surface area (Å²) in [5, 5.41) is 36.3. The molecule has 0 atom stereocenters. The average molecular weight is 1070 g/mol. The molecule has 2 aliphatic carbocycles. The number of H-pyrrole nitrogens is 2. The largest absolute Gasteiger partial charge is 0.496 e. The number of hydrogen-bond acceptors (Lipinski definition) is 12. The maximum absolute atomic E-state index is 12.6. The van der Waals surface area contributed by atoms with Crippen molar-refractivity contribution in [1.82, 2.24) is 43.2 Å². The monoisotopic (exact) mass is 1070 g/mol. The van der Waals surface area contributed by atoms with Crippen LogP contribution in [0.2, 0.25) is 5.15 Å². The summed E-state index contributed by atoms with van der Waals surface area (Å²) >= 11 is 5.66. The molecule has 0 radical (unpaired) electrons. The number of nitriles is 3. The van der Waals surface area contributed by atoms with Crippen LogP contribution in [0.15, 0.2) is 124 Å². The second kappa shape index (κ2) is 22.3. The second-order valence-electron chi connectivity index (χ2n) is 21.4. The Kier molecular flexibility index (Phi) is 16.0. The van der Waals surface area contributed by atoms with Gasteiger partial charge in [-0.2, -0.15) is 15.8 Å². The normalized spacial score (nSPS) is 15.7. The zero-order valence-electron chi connectivity index (χ0n) is 45.1. The number of aliphatic hydroxyl groups excluding tert-OH is 1. The minimum Gasteiger partial charge on any atom is -0.399 e. The molecule has 1 aliphatic heterocycles. The highest BCUT2D eigenvalue weighted by molar-refractivity contribution is 6.62. The number of fused-ring (bicyclic) bond motifs is 3. The molecule has 20 heteroatoms. The second-order valence-corrected chi connectivity index (χ2v) is 21.8. The molecule has 3 fully saturated rings. The van der Waals surface area contributed by atoms with Crippen LogP contribution in [0.1, 0.15) is 83.9 Å². The molecule has 2 saturated carbocycles. The summed E-state index contributed by atoms with van der Waals surface area (Å²) in [6, 6.07) is 39.3. The first-order chi connectivity index (χ1) is 37.0. The van der Waals surface area contributed by atoms with Crippen molar-refractivity contribution < 1.29 is 14.4 Å². The maximum atomic E-state index is 12.6. The molecular weight excluding hydrogens is 1010 g/mol. The summed E-state index contributed by atoms with van der Waals surface area (Å²) in [4.78, 5) is 53.7. The topological polar surface area (TPSA) is 251 Å². The number of nitrogens with one attached hydrogen (secondary N) is 2. The Morgan fingerprint density at radius 2 is 1.04 bits per heavy atom. The lowest BCUT2D eigenvalue weighted by Crippen LogP contribution is -2.41. The van der Waals surface area contributed by atoms with E-state index in [-0.39, 0.29) is 33.7 Å². The van der Waals surface area contributed by atoms with E-state index in [1.54, 1.807) is 68.2 Å². The van der Waals surface area contributed by atoms with E-state index in [1.165, 1.54) is 22.0 Å². The standard InChI is InChI=1S/C19H18N4O.C14H10N4O.C13H16BNO2.C7H6ClN3O.C5H10O/c1-19(9-10-19)12-23-16-8-7-15(21-17(16)22(2)18(23)24)14-6-4-3-5-13(14)11-20;1-18-13-12(17-14(18)19)7-6-11(16-13)10-5-3-2-4-9(10)8-15;1-12(2)13(3,4)17-14(16-12)11-8-6-5-7-10(11)9-15;1-11-6-4(9-7(11)12)2-3-5(8)10-6;1-5(4-6)2-3-5/h3-8H,9-10,12H2,1-2H3;2-7H,1H3,(H,17,19);5-8H,1-4H3;2-3H,1H3,(H,9,12);6H,2-4H2,1H3. The predicted molar refractivity (Wildman–Crippen MR) is 302 cm³/mol. The number of rotatable bonds is 6. The van der Waals surface area contributed by atoms with Gasteiger partial charge in [-0.15, -0.1) is 0 Å². The highest BCUT2D eigenvalue weighted by atomic mass is 35.5. The van der Waals surface area contributed by atoms with E-state index in [1.807, 2.05) is 99.0 Å². The molecule has 9 aromatic rings. The Morgan fingerprint density at radius 1 is 0.590 bits per heavy atom. The van der Waals surface area contributed by atoms with Crippen LogP contribution in [0.5, 0.6) is 0 Å². The zero-order chi connectivity index (χ0) is 56.3. The Morgan fingerprint density at radius 3 is 1.53 bits per heavy atom. The van der Waals surface area contributed by atoms with Crippen LogP contribution < -0.4 is 22.5 Å². The molecule has 3 N–H and O–H groups in total. The van der Waals surface area contributed by atoms with Gasteiger partial charge < -0.3 is 24.4 Å². The fraction of sp³-hybridized carbons (Fsp3) is 0.328. The number of aromatic amines is 2. The highest BCUT2D eigenvalue weighted by Crippen LogP contribution is 2.46. The number of imidazole rings is 3. The lowest BCUT2D eigenvalue weighted by molar-refractivity contribution is 0.00578. The summed E-state index contributed by atoms with van der Waals surface area (Å²) in [5.74, 6) is 0. The fourth-order valence-corrected chi connectivity index (χ4v) is 8.55. The first-order valence-corrected chi connectivity index (χ1v) is 25.7. The molecule has 3 aromatic carbocycles. The Bertz CT molecular complexity index is 4010. The molecule has 6 aromatic heterocycles. The van der Waals surface area contributed by atoms with Gasteiger partial charge in [0.1, 0.15) is 5.15 Å². The summed E-state index contributed by atoms with van der Waals surface area (Å²) < 4.78 is 18.1. The van der Waals surface area contributed by atoms with Crippen molar-refractivity contribution in [3.05, 3.63) is 162 Å². The van der Waals surface area contributed by atoms with Gasteiger partial charge in [0.2, 0.25) is 0 Å². The van der Waals surface area contributed by atoms with Gasteiger partial charge in [0.05, 0.1) is 74.0 Å². The molecule has 0 spiro atoms. The molecule has 7 heterocycles. The van der Waals surface area contributed by atoms with Crippen LogP contribution >= 0.6 is 11.6 Å². The molecule has 0 unspecified atom stereocenters.